The average Bonchev–Trinajstić information content (AvgIpc) is 3.30. The highest BCUT2D eigenvalue weighted by molar-refractivity contribution is 7.84. The molecule has 25 heavy (non-hydrogen) atoms. The van der Waals surface area contributed by atoms with E-state index in [0.29, 0.717) is 5.92 Å². The third-order valence-corrected chi connectivity index (χ3v) is 6.04. The van der Waals surface area contributed by atoms with E-state index in [0.717, 1.165) is 59.0 Å². The first-order chi connectivity index (χ1) is 12.0. The first-order valence-corrected chi connectivity index (χ1v) is 10.4. The van der Waals surface area contributed by atoms with Crippen molar-refractivity contribution in [1.82, 2.24) is 4.57 Å². The predicted molar refractivity (Wildman–Crippen MR) is 99.7 cm³/mol. The summed E-state index contributed by atoms with van der Waals surface area (Å²) in [6, 6.07) is 7.75. The summed E-state index contributed by atoms with van der Waals surface area (Å²) >= 11 is 0. The minimum absolute atomic E-state index is 0.104. The van der Waals surface area contributed by atoms with E-state index in [-0.39, 0.29) is 5.56 Å². The van der Waals surface area contributed by atoms with Crippen molar-refractivity contribution in [2.45, 2.75) is 44.0 Å². The van der Waals surface area contributed by atoms with Gasteiger partial charge < -0.3 is 9.30 Å². The summed E-state index contributed by atoms with van der Waals surface area (Å²) in [5.41, 5.74) is 3.93. The van der Waals surface area contributed by atoms with Gasteiger partial charge in [0.25, 0.3) is 5.56 Å². The van der Waals surface area contributed by atoms with E-state index in [9.17, 15) is 9.00 Å². The fraction of sp³-hybridized carbons (Fsp3) is 0.450. The number of hydrogen-bond acceptors (Lipinski definition) is 3. The Kier molecular flexibility index (Phi) is 4.28. The average molecular weight is 357 g/mol. The van der Waals surface area contributed by atoms with Gasteiger partial charge in [0.15, 0.2) is 0 Å². The molecular weight excluding hydrogens is 334 g/mol. The SMILES string of the molecule is Cc1cc(-c2cc(S(C)=O)ccc2OCC2CC2)c2n(c1=O)CCC2. The molecule has 132 valence electrons. The molecule has 1 aliphatic carbocycles. The Morgan fingerprint density at radius 3 is 2.76 bits per heavy atom. The standard InChI is InChI=1S/C20H23NO3S/c1-13-10-16(18-4-3-9-21(18)20(13)22)17-11-15(25(2)23)7-8-19(17)24-12-14-5-6-14/h7-8,10-11,14H,3-6,9,12H2,1-2H3. The van der Waals surface area contributed by atoms with Gasteiger partial charge in [0.2, 0.25) is 0 Å². The van der Waals surface area contributed by atoms with Crippen molar-refractivity contribution in [3.05, 3.63) is 45.9 Å². The summed E-state index contributed by atoms with van der Waals surface area (Å²) in [5.74, 6) is 1.49. The second kappa shape index (κ2) is 6.45. The van der Waals surface area contributed by atoms with Gasteiger partial charge in [0.1, 0.15) is 5.75 Å². The maximum atomic E-state index is 12.4. The van der Waals surface area contributed by atoms with Crippen molar-refractivity contribution in [1.29, 1.82) is 0 Å². The molecule has 1 fully saturated rings. The van der Waals surface area contributed by atoms with Gasteiger partial charge >= 0.3 is 0 Å². The fourth-order valence-corrected chi connectivity index (χ4v) is 4.05. The second-order valence-corrected chi connectivity index (χ2v) is 8.49. The van der Waals surface area contributed by atoms with Crippen LogP contribution in [-0.2, 0) is 23.8 Å². The molecule has 2 aromatic rings. The molecule has 0 saturated heterocycles. The van der Waals surface area contributed by atoms with Crippen LogP contribution in [0.1, 0.15) is 30.5 Å². The van der Waals surface area contributed by atoms with E-state index in [4.69, 9.17) is 4.74 Å². The summed E-state index contributed by atoms with van der Waals surface area (Å²) in [6.07, 6.45) is 6.05. The monoisotopic (exact) mass is 357 g/mol. The Morgan fingerprint density at radius 1 is 1.24 bits per heavy atom. The predicted octanol–water partition coefficient (Wildman–Crippen LogP) is 3.30. The van der Waals surface area contributed by atoms with Crippen LogP contribution in [0, 0.1) is 12.8 Å². The van der Waals surface area contributed by atoms with Crippen LogP contribution >= 0.6 is 0 Å². The molecule has 1 saturated carbocycles. The number of ether oxygens (including phenoxy) is 1. The van der Waals surface area contributed by atoms with E-state index in [1.807, 2.05) is 35.8 Å². The Bertz CT molecular complexity index is 912. The van der Waals surface area contributed by atoms with Crippen LogP contribution in [0.15, 0.2) is 34.0 Å². The number of benzene rings is 1. The van der Waals surface area contributed by atoms with Crippen LogP contribution in [0.2, 0.25) is 0 Å². The molecule has 0 spiro atoms. The maximum Gasteiger partial charge on any atom is 0.253 e. The summed E-state index contributed by atoms with van der Waals surface area (Å²) in [6.45, 7) is 3.38. The van der Waals surface area contributed by atoms with E-state index in [1.165, 1.54) is 12.8 Å². The third-order valence-electron chi connectivity index (χ3n) is 5.12. The first kappa shape index (κ1) is 16.6. The van der Waals surface area contributed by atoms with Crippen molar-refractivity contribution < 1.29 is 8.95 Å². The van der Waals surface area contributed by atoms with Gasteiger partial charge in [-0.05, 0) is 62.8 Å². The molecule has 4 rings (SSSR count). The van der Waals surface area contributed by atoms with Gasteiger partial charge in [-0.1, -0.05) is 0 Å². The molecule has 1 aliphatic heterocycles. The molecule has 4 nitrogen and oxygen atoms in total. The van der Waals surface area contributed by atoms with E-state index >= 15 is 0 Å². The molecule has 2 aliphatic rings. The fourth-order valence-electron chi connectivity index (χ4n) is 3.50. The minimum atomic E-state index is -1.05. The number of aromatic nitrogens is 1. The second-order valence-electron chi connectivity index (χ2n) is 7.11. The maximum absolute atomic E-state index is 12.4. The molecular formula is C20H23NO3S. The minimum Gasteiger partial charge on any atom is -0.493 e. The van der Waals surface area contributed by atoms with Gasteiger partial charge in [-0.2, -0.15) is 0 Å². The van der Waals surface area contributed by atoms with Gasteiger partial charge in [0, 0.05) is 50.9 Å². The molecule has 1 atom stereocenters. The van der Waals surface area contributed by atoms with E-state index < -0.39 is 10.8 Å². The first-order valence-electron chi connectivity index (χ1n) is 8.88. The summed E-state index contributed by atoms with van der Waals surface area (Å²) in [5, 5.41) is 0. The molecule has 2 heterocycles. The summed E-state index contributed by atoms with van der Waals surface area (Å²) in [4.78, 5) is 13.2. The Hall–Kier alpha value is -1.88. The van der Waals surface area contributed by atoms with E-state index in [1.54, 1.807) is 6.26 Å². The molecule has 1 aromatic heterocycles. The molecule has 0 radical (unpaired) electrons. The van der Waals surface area contributed by atoms with Crippen LogP contribution in [-0.4, -0.2) is 21.6 Å². The van der Waals surface area contributed by atoms with Crippen LogP contribution in [0.5, 0.6) is 5.75 Å². The number of rotatable bonds is 5. The number of fused-ring (bicyclic) bond motifs is 1. The van der Waals surface area contributed by atoms with Gasteiger partial charge in [-0.3, -0.25) is 9.00 Å². The van der Waals surface area contributed by atoms with Crippen molar-refractivity contribution >= 4 is 10.8 Å². The lowest BCUT2D eigenvalue weighted by Gasteiger charge is -2.17. The van der Waals surface area contributed by atoms with Gasteiger partial charge in [-0.15, -0.1) is 0 Å². The van der Waals surface area contributed by atoms with E-state index in [2.05, 4.69) is 0 Å². The number of pyridine rings is 1. The van der Waals surface area contributed by atoms with Gasteiger partial charge in [0.05, 0.1) is 6.61 Å². The van der Waals surface area contributed by atoms with Crippen molar-refractivity contribution in [3.8, 4) is 16.9 Å². The van der Waals surface area contributed by atoms with Crippen LogP contribution in [0.25, 0.3) is 11.1 Å². The third kappa shape index (κ3) is 3.17. The highest BCUT2D eigenvalue weighted by Crippen LogP contribution is 2.37. The number of hydrogen-bond donors (Lipinski definition) is 0. The Balaban J connectivity index is 1.86. The highest BCUT2D eigenvalue weighted by Gasteiger charge is 2.24. The van der Waals surface area contributed by atoms with Crippen molar-refractivity contribution in [3.63, 3.8) is 0 Å². The Labute approximate surface area is 150 Å². The summed E-state index contributed by atoms with van der Waals surface area (Å²) in [7, 11) is -1.05. The van der Waals surface area contributed by atoms with Crippen LogP contribution < -0.4 is 10.3 Å². The lowest BCUT2D eigenvalue weighted by Crippen LogP contribution is -2.22. The zero-order valence-corrected chi connectivity index (χ0v) is 15.5. The quantitative estimate of drug-likeness (QED) is 0.825. The largest absolute Gasteiger partial charge is 0.493 e. The summed E-state index contributed by atoms with van der Waals surface area (Å²) < 4.78 is 20.0. The van der Waals surface area contributed by atoms with Crippen molar-refractivity contribution in [2.24, 2.45) is 5.92 Å². The topological polar surface area (TPSA) is 48.3 Å². The molecule has 0 amide bonds. The van der Waals surface area contributed by atoms with Crippen molar-refractivity contribution in [2.75, 3.05) is 12.9 Å². The molecule has 0 bridgehead atoms. The van der Waals surface area contributed by atoms with Gasteiger partial charge in [-0.25, -0.2) is 0 Å². The highest BCUT2D eigenvalue weighted by atomic mass is 32.2. The zero-order chi connectivity index (χ0) is 17.6. The lowest BCUT2D eigenvalue weighted by molar-refractivity contribution is 0.301. The van der Waals surface area contributed by atoms with Crippen LogP contribution in [0.4, 0.5) is 0 Å². The lowest BCUT2D eigenvalue weighted by atomic mass is 10.00. The molecule has 0 N–H and O–H groups in total. The number of nitrogens with zero attached hydrogens (tertiary/aromatic N) is 1. The number of aryl methyl sites for hydroxylation is 1. The normalized spacial score (nSPS) is 17.4. The molecule has 1 aromatic carbocycles. The zero-order valence-electron chi connectivity index (χ0n) is 14.7. The smallest absolute Gasteiger partial charge is 0.253 e. The Morgan fingerprint density at radius 2 is 2.04 bits per heavy atom. The van der Waals surface area contributed by atoms with Crippen LogP contribution in [0.3, 0.4) is 0 Å². The molecule has 1 unspecified atom stereocenters. The molecule has 5 heteroatoms.